The summed E-state index contributed by atoms with van der Waals surface area (Å²) in [4.78, 5) is 4.23. The van der Waals surface area contributed by atoms with Crippen molar-refractivity contribution in [1.82, 2.24) is 0 Å². The molecule has 0 aliphatic carbocycles. The topological polar surface area (TPSA) is 24.4 Å². The van der Waals surface area contributed by atoms with Crippen molar-refractivity contribution in [3.8, 4) is 0 Å². The lowest BCUT2D eigenvalue weighted by molar-refractivity contribution is 0.628. The zero-order valence-corrected chi connectivity index (χ0v) is 7.77. The van der Waals surface area contributed by atoms with E-state index in [4.69, 9.17) is 0 Å². The lowest BCUT2D eigenvalue weighted by atomic mass is 10.3. The van der Waals surface area contributed by atoms with E-state index in [0.29, 0.717) is 0 Å². The molecule has 4 heteroatoms. The second kappa shape index (κ2) is 3.79. The summed E-state index contributed by atoms with van der Waals surface area (Å²) in [6.07, 6.45) is 0. The molecule has 0 spiro atoms. The van der Waals surface area contributed by atoms with Gasteiger partial charge in [0.05, 0.1) is 6.54 Å². The average Bonchev–Trinajstić information content (AvgIpc) is 2.62. The van der Waals surface area contributed by atoms with Gasteiger partial charge in [-0.1, -0.05) is 11.8 Å². The molecule has 0 saturated heterocycles. The van der Waals surface area contributed by atoms with Crippen molar-refractivity contribution >= 4 is 22.6 Å². The lowest BCUT2D eigenvalue weighted by Crippen LogP contribution is -2.04. The Hall–Kier alpha value is -1.03. The second-order valence-corrected chi connectivity index (χ2v) is 3.75. The number of hydrogen-bond acceptors (Lipinski definition) is 3. The molecule has 13 heavy (non-hydrogen) atoms. The van der Waals surface area contributed by atoms with Gasteiger partial charge in [-0.2, -0.15) is 0 Å². The molecule has 1 N–H and O–H groups in total. The van der Waals surface area contributed by atoms with Gasteiger partial charge < -0.3 is 5.32 Å². The Kier molecular flexibility index (Phi) is 2.49. The first-order valence-corrected chi connectivity index (χ1v) is 5.03. The summed E-state index contributed by atoms with van der Waals surface area (Å²) < 4.78 is 12.5. The van der Waals surface area contributed by atoms with E-state index in [1.807, 2.05) is 0 Å². The fourth-order valence-electron chi connectivity index (χ4n) is 1.07. The number of amidine groups is 1. The highest BCUT2D eigenvalue weighted by molar-refractivity contribution is 8.14. The van der Waals surface area contributed by atoms with Gasteiger partial charge in [0.1, 0.15) is 5.82 Å². The van der Waals surface area contributed by atoms with Gasteiger partial charge in [0, 0.05) is 11.4 Å². The van der Waals surface area contributed by atoms with Crippen LogP contribution in [0.1, 0.15) is 0 Å². The maximum absolute atomic E-state index is 12.5. The quantitative estimate of drug-likeness (QED) is 0.745. The summed E-state index contributed by atoms with van der Waals surface area (Å²) in [5.41, 5.74) is 0.884. The lowest BCUT2D eigenvalue weighted by Gasteiger charge is -2.03. The van der Waals surface area contributed by atoms with Crippen molar-refractivity contribution in [2.75, 3.05) is 17.6 Å². The zero-order chi connectivity index (χ0) is 9.10. The van der Waals surface area contributed by atoms with E-state index in [2.05, 4.69) is 10.3 Å². The molecular formula is C9H9FN2S. The highest BCUT2D eigenvalue weighted by atomic mass is 32.2. The first-order valence-electron chi connectivity index (χ1n) is 4.04. The predicted octanol–water partition coefficient (Wildman–Crippen LogP) is 2.34. The van der Waals surface area contributed by atoms with E-state index in [9.17, 15) is 4.39 Å². The fourth-order valence-corrected chi connectivity index (χ4v) is 1.82. The maximum atomic E-state index is 12.5. The number of anilines is 1. The highest BCUT2D eigenvalue weighted by Gasteiger charge is 2.06. The number of thioether (sulfide) groups is 1. The number of nitrogens with zero attached hydrogens (tertiary/aromatic N) is 1. The minimum Gasteiger partial charge on any atom is -0.335 e. The molecular weight excluding hydrogens is 187 g/mol. The molecule has 0 amide bonds. The van der Waals surface area contributed by atoms with E-state index in [-0.39, 0.29) is 5.82 Å². The Morgan fingerprint density at radius 1 is 1.31 bits per heavy atom. The van der Waals surface area contributed by atoms with Crippen LogP contribution in [0.4, 0.5) is 10.1 Å². The van der Waals surface area contributed by atoms with E-state index < -0.39 is 0 Å². The standard InChI is InChI=1S/C9H9FN2S/c10-7-1-3-8(4-2-7)12-9-11-5-6-13-9/h1-4H,5-6H2,(H,11,12). The Balaban J connectivity index is 2.05. The van der Waals surface area contributed by atoms with Crippen LogP contribution in [0.3, 0.4) is 0 Å². The molecule has 2 nitrogen and oxygen atoms in total. The van der Waals surface area contributed by atoms with E-state index in [1.54, 1.807) is 23.9 Å². The van der Waals surface area contributed by atoms with E-state index >= 15 is 0 Å². The number of benzene rings is 1. The van der Waals surface area contributed by atoms with Crippen molar-refractivity contribution in [3.63, 3.8) is 0 Å². The van der Waals surface area contributed by atoms with Crippen LogP contribution in [0.2, 0.25) is 0 Å². The largest absolute Gasteiger partial charge is 0.335 e. The zero-order valence-electron chi connectivity index (χ0n) is 6.96. The van der Waals surface area contributed by atoms with Crippen molar-refractivity contribution in [3.05, 3.63) is 30.1 Å². The molecule has 0 fully saturated rings. The van der Waals surface area contributed by atoms with Gasteiger partial charge in [-0.3, -0.25) is 4.99 Å². The summed E-state index contributed by atoms with van der Waals surface area (Å²) in [5.74, 6) is 0.815. The molecule has 0 atom stereocenters. The monoisotopic (exact) mass is 196 g/mol. The molecule has 1 aromatic rings. The third-order valence-corrected chi connectivity index (χ3v) is 2.57. The smallest absolute Gasteiger partial charge is 0.161 e. The molecule has 0 unspecified atom stereocenters. The molecule has 1 aliphatic heterocycles. The van der Waals surface area contributed by atoms with Gasteiger partial charge in [0.2, 0.25) is 0 Å². The Labute approximate surface area is 80.3 Å². The summed E-state index contributed by atoms with van der Waals surface area (Å²) in [6.45, 7) is 0.869. The van der Waals surface area contributed by atoms with Crippen LogP contribution >= 0.6 is 11.8 Å². The SMILES string of the molecule is Fc1ccc(NC2=NCCS2)cc1. The van der Waals surface area contributed by atoms with Crippen LogP contribution in [-0.2, 0) is 0 Å². The number of aliphatic imine (C=N–C) groups is 1. The van der Waals surface area contributed by atoms with Crippen molar-refractivity contribution in [1.29, 1.82) is 0 Å². The molecule has 2 rings (SSSR count). The van der Waals surface area contributed by atoms with Gasteiger partial charge in [-0.05, 0) is 24.3 Å². The molecule has 1 aromatic carbocycles. The van der Waals surface area contributed by atoms with Crippen LogP contribution in [0.5, 0.6) is 0 Å². The second-order valence-electron chi connectivity index (χ2n) is 2.67. The molecule has 0 radical (unpaired) electrons. The summed E-state index contributed by atoms with van der Waals surface area (Å²) in [5, 5.41) is 4.04. The predicted molar refractivity (Wildman–Crippen MR) is 54.8 cm³/mol. The van der Waals surface area contributed by atoms with Gasteiger partial charge in [0.15, 0.2) is 5.17 Å². The molecule has 1 heterocycles. The highest BCUT2D eigenvalue weighted by Crippen LogP contribution is 2.15. The van der Waals surface area contributed by atoms with Crippen molar-refractivity contribution in [2.45, 2.75) is 0 Å². The first-order chi connectivity index (χ1) is 6.34. The normalized spacial score (nSPS) is 15.6. The first kappa shape index (κ1) is 8.56. The molecule has 1 aliphatic rings. The number of halogens is 1. The minimum absolute atomic E-state index is 0.216. The molecule has 0 saturated carbocycles. The van der Waals surface area contributed by atoms with E-state index in [1.165, 1.54) is 12.1 Å². The molecule has 0 aromatic heterocycles. The van der Waals surface area contributed by atoms with Gasteiger partial charge in [-0.25, -0.2) is 4.39 Å². The number of rotatable bonds is 1. The van der Waals surface area contributed by atoms with Crippen LogP contribution in [0, 0.1) is 5.82 Å². The van der Waals surface area contributed by atoms with Crippen molar-refractivity contribution in [2.24, 2.45) is 4.99 Å². The van der Waals surface area contributed by atoms with Gasteiger partial charge >= 0.3 is 0 Å². The maximum Gasteiger partial charge on any atom is 0.161 e. The van der Waals surface area contributed by atoms with Crippen LogP contribution < -0.4 is 5.32 Å². The Bertz CT molecular complexity index is 321. The Morgan fingerprint density at radius 2 is 2.08 bits per heavy atom. The number of hydrogen-bond donors (Lipinski definition) is 1. The molecule has 68 valence electrons. The fraction of sp³-hybridized carbons (Fsp3) is 0.222. The minimum atomic E-state index is -0.216. The average molecular weight is 196 g/mol. The van der Waals surface area contributed by atoms with Crippen LogP contribution in [0.25, 0.3) is 0 Å². The van der Waals surface area contributed by atoms with Gasteiger partial charge in [0.25, 0.3) is 0 Å². The Morgan fingerprint density at radius 3 is 2.69 bits per heavy atom. The van der Waals surface area contributed by atoms with Crippen molar-refractivity contribution < 1.29 is 4.39 Å². The van der Waals surface area contributed by atoms with Crippen LogP contribution in [0.15, 0.2) is 29.3 Å². The third-order valence-electron chi connectivity index (χ3n) is 1.68. The van der Waals surface area contributed by atoms with Gasteiger partial charge in [-0.15, -0.1) is 0 Å². The summed E-state index contributed by atoms with van der Waals surface area (Å²) in [6, 6.07) is 6.28. The summed E-state index contributed by atoms with van der Waals surface area (Å²) in [7, 11) is 0. The number of nitrogens with one attached hydrogen (secondary N) is 1. The summed E-state index contributed by atoms with van der Waals surface area (Å²) >= 11 is 1.69. The molecule has 0 bridgehead atoms. The third kappa shape index (κ3) is 2.21. The van der Waals surface area contributed by atoms with E-state index in [0.717, 1.165) is 23.2 Å². The van der Waals surface area contributed by atoms with Crippen LogP contribution in [-0.4, -0.2) is 17.5 Å².